The molecule has 1 aromatic carbocycles. The van der Waals surface area contributed by atoms with Gasteiger partial charge in [-0.25, -0.2) is 13.6 Å². The average molecular weight is 334 g/mol. The maximum absolute atomic E-state index is 13.9. The predicted molar refractivity (Wildman–Crippen MR) is 70.9 cm³/mol. The van der Waals surface area contributed by atoms with E-state index in [4.69, 9.17) is 0 Å². The van der Waals surface area contributed by atoms with E-state index >= 15 is 0 Å². The Morgan fingerprint density at radius 2 is 1.87 bits per heavy atom. The minimum absolute atomic E-state index is 0.228. The van der Waals surface area contributed by atoms with Crippen molar-refractivity contribution in [3.05, 3.63) is 35.9 Å². The molecule has 0 unspecified atom stereocenters. The smallest absolute Gasteiger partial charge is 0.354 e. The minimum atomic E-state index is -5.02. The Bertz CT molecular complexity index is 611. The summed E-state index contributed by atoms with van der Waals surface area (Å²) in [7, 11) is 0. The van der Waals surface area contributed by atoms with Gasteiger partial charge in [0.2, 0.25) is 5.72 Å². The molecule has 1 aromatic rings. The number of carbonyl (C=O) groups is 2. The van der Waals surface area contributed by atoms with E-state index < -0.39 is 41.8 Å². The minimum Gasteiger partial charge on any atom is -0.365 e. The number of rotatable bonds is 4. The van der Waals surface area contributed by atoms with Crippen molar-refractivity contribution < 1.29 is 32.3 Å². The van der Waals surface area contributed by atoms with Crippen molar-refractivity contribution in [1.29, 1.82) is 0 Å². The van der Waals surface area contributed by atoms with Crippen molar-refractivity contribution in [2.24, 2.45) is 5.92 Å². The van der Waals surface area contributed by atoms with Gasteiger partial charge in [-0.1, -0.05) is 30.3 Å². The number of nitrogens with one attached hydrogen (secondary N) is 2. The molecule has 23 heavy (non-hydrogen) atoms. The average Bonchev–Trinajstić information content (AvgIpc) is 2.46. The van der Waals surface area contributed by atoms with Gasteiger partial charge in [0.25, 0.3) is 0 Å². The highest BCUT2D eigenvalue weighted by Gasteiger charge is 2.68. The molecular formula is C14H14F4N2O3. The van der Waals surface area contributed by atoms with Crippen LogP contribution in [-0.2, 0) is 4.79 Å². The van der Waals surface area contributed by atoms with Gasteiger partial charge in [-0.05, 0) is 12.5 Å². The summed E-state index contributed by atoms with van der Waals surface area (Å²) in [6.45, 7) is 0.881. The lowest BCUT2D eigenvalue weighted by molar-refractivity contribution is -0.272. The van der Waals surface area contributed by atoms with Crippen molar-refractivity contribution in [2.75, 3.05) is 0 Å². The second kappa shape index (κ2) is 5.80. The highest BCUT2D eigenvalue weighted by Crippen LogP contribution is 2.44. The van der Waals surface area contributed by atoms with Crippen LogP contribution >= 0.6 is 0 Å². The zero-order chi connectivity index (χ0) is 17.4. The molecule has 1 saturated heterocycles. The van der Waals surface area contributed by atoms with E-state index in [2.05, 4.69) is 5.32 Å². The number of ketones is 1. The predicted octanol–water partition coefficient (Wildman–Crippen LogP) is 1.83. The third-order valence-electron chi connectivity index (χ3n) is 3.75. The molecule has 0 radical (unpaired) electrons. The molecule has 0 aliphatic carbocycles. The first-order chi connectivity index (χ1) is 10.6. The van der Waals surface area contributed by atoms with Crippen LogP contribution < -0.4 is 10.6 Å². The van der Waals surface area contributed by atoms with Gasteiger partial charge in [0, 0.05) is 0 Å². The zero-order valence-electron chi connectivity index (χ0n) is 11.9. The maximum atomic E-state index is 13.9. The summed E-state index contributed by atoms with van der Waals surface area (Å²) in [4.78, 5) is 23.5. The maximum Gasteiger partial charge on any atom is 0.354 e. The largest absolute Gasteiger partial charge is 0.365 e. The standard InChI is InChI=1S/C14H14F4N2O3/c1-7(21)9-10(8-5-3-2-4-6-8)19-12(22)20-14(9,23)13(17,18)11(15)16/h2-6,9-11,23H,1H3,(H2,19,20,22)/t9-,10+,14+/m1/s1. The number of halogens is 4. The number of aliphatic hydroxyl groups is 1. The van der Waals surface area contributed by atoms with Crippen LogP contribution in [0.4, 0.5) is 22.4 Å². The lowest BCUT2D eigenvalue weighted by Crippen LogP contribution is -2.75. The molecule has 5 nitrogen and oxygen atoms in total. The highest BCUT2D eigenvalue weighted by atomic mass is 19.3. The molecule has 0 spiro atoms. The van der Waals surface area contributed by atoms with Crippen LogP contribution in [0.15, 0.2) is 30.3 Å². The molecule has 2 amide bonds. The van der Waals surface area contributed by atoms with E-state index in [1.165, 1.54) is 29.6 Å². The molecule has 0 aromatic heterocycles. The summed E-state index contributed by atoms with van der Waals surface area (Å²) in [6, 6.07) is 4.84. The van der Waals surface area contributed by atoms with E-state index in [9.17, 15) is 32.3 Å². The Morgan fingerprint density at radius 1 is 1.30 bits per heavy atom. The number of carbonyl (C=O) groups excluding carboxylic acids is 2. The molecular weight excluding hydrogens is 320 g/mol. The van der Waals surface area contributed by atoms with Crippen molar-refractivity contribution in [3.8, 4) is 0 Å². The molecule has 9 heteroatoms. The van der Waals surface area contributed by atoms with Gasteiger partial charge in [-0.3, -0.25) is 4.79 Å². The molecule has 0 bridgehead atoms. The normalized spacial score (nSPS) is 28.2. The van der Waals surface area contributed by atoms with Gasteiger partial charge >= 0.3 is 18.4 Å². The van der Waals surface area contributed by atoms with Crippen LogP contribution in [-0.4, -0.2) is 35.0 Å². The monoisotopic (exact) mass is 334 g/mol. The van der Waals surface area contributed by atoms with Gasteiger partial charge in [-0.15, -0.1) is 0 Å². The molecule has 1 aliphatic heterocycles. The van der Waals surface area contributed by atoms with Gasteiger partial charge in [-0.2, -0.15) is 8.78 Å². The van der Waals surface area contributed by atoms with Crippen LogP contribution in [0.5, 0.6) is 0 Å². The third kappa shape index (κ3) is 2.76. The van der Waals surface area contributed by atoms with Gasteiger partial charge < -0.3 is 15.7 Å². The third-order valence-corrected chi connectivity index (χ3v) is 3.75. The quantitative estimate of drug-likeness (QED) is 0.735. The Labute approximate surface area is 128 Å². The molecule has 1 heterocycles. The van der Waals surface area contributed by atoms with E-state index in [0.29, 0.717) is 0 Å². The van der Waals surface area contributed by atoms with E-state index in [1.807, 2.05) is 0 Å². The topological polar surface area (TPSA) is 78.4 Å². The van der Waals surface area contributed by atoms with Crippen LogP contribution in [0.25, 0.3) is 0 Å². The summed E-state index contributed by atoms with van der Waals surface area (Å²) >= 11 is 0. The molecule has 1 fully saturated rings. The number of benzene rings is 1. The Balaban J connectivity index is 2.58. The SMILES string of the molecule is CC(=O)[C@@H]1[C@H](c2ccccc2)NC(=O)N[C@@]1(O)C(F)(F)C(F)F. The van der Waals surface area contributed by atoms with Gasteiger partial charge in [0.1, 0.15) is 5.78 Å². The summed E-state index contributed by atoms with van der Waals surface area (Å²) < 4.78 is 53.3. The lowest BCUT2D eigenvalue weighted by Gasteiger charge is -2.47. The molecule has 3 atom stereocenters. The van der Waals surface area contributed by atoms with Crippen LogP contribution in [0.2, 0.25) is 0 Å². The first-order valence-electron chi connectivity index (χ1n) is 6.63. The van der Waals surface area contributed by atoms with Crippen molar-refractivity contribution in [1.82, 2.24) is 10.6 Å². The molecule has 1 aliphatic rings. The fourth-order valence-corrected chi connectivity index (χ4v) is 2.67. The van der Waals surface area contributed by atoms with Gasteiger partial charge in [0.05, 0.1) is 12.0 Å². The number of hydrogen-bond donors (Lipinski definition) is 3. The summed E-state index contributed by atoms with van der Waals surface area (Å²) in [5.74, 6) is -8.01. The number of hydrogen-bond acceptors (Lipinski definition) is 3. The first-order valence-corrected chi connectivity index (χ1v) is 6.63. The Hall–Kier alpha value is -2.16. The van der Waals surface area contributed by atoms with Crippen LogP contribution in [0.3, 0.4) is 0 Å². The number of alkyl halides is 4. The highest BCUT2D eigenvalue weighted by molar-refractivity contribution is 5.86. The Morgan fingerprint density at radius 3 is 2.35 bits per heavy atom. The lowest BCUT2D eigenvalue weighted by atomic mass is 9.77. The number of urea groups is 1. The van der Waals surface area contributed by atoms with Crippen LogP contribution in [0, 0.1) is 5.92 Å². The fourth-order valence-electron chi connectivity index (χ4n) is 2.67. The van der Waals surface area contributed by atoms with E-state index in [1.54, 1.807) is 6.07 Å². The fraction of sp³-hybridized carbons (Fsp3) is 0.429. The van der Waals surface area contributed by atoms with Gasteiger partial charge in [0.15, 0.2) is 0 Å². The number of amides is 2. The van der Waals surface area contributed by atoms with E-state index in [-0.39, 0.29) is 5.56 Å². The van der Waals surface area contributed by atoms with E-state index in [0.717, 1.165) is 6.92 Å². The first kappa shape index (κ1) is 17.2. The Kier molecular flexibility index (Phi) is 4.34. The van der Waals surface area contributed by atoms with Crippen molar-refractivity contribution in [2.45, 2.75) is 31.0 Å². The second-order valence-corrected chi connectivity index (χ2v) is 5.27. The molecule has 126 valence electrons. The summed E-state index contributed by atoms with van der Waals surface area (Å²) in [5.41, 5.74) is -3.48. The molecule has 2 rings (SSSR count). The summed E-state index contributed by atoms with van der Waals surface area (Å²) in [5, 5.41) is 13.8. The number of Topliss-reactive ketones (excluding diaryl/α,β-unsaturated/α-hetero) is 1. The van der Waals surface area contributed by atoms with Crippen molar-refractivity contribution in [3.63, 3.8) is 0 Å². The second-order valence-electron chi connectivity index (χ2n) is 5.27. The molecule has 3 N–H and O–H groups in total. The zero-order valence-corrected chi connectivity index (χ0v) is 11.9. The van der Waals surface area contributed by atoms with Crippen LogP contribution in [0.1, 0.15) is 18.5 Å². The summed E-state index contributed by atoms with van der Waals surface area (Å²) in [6.07, 6.45) is -4.27. The van der Waals surface area contributed by atoms with Crippen molar-refractivity contribution >= 4 is 11.8 Å². The molecule has 0 saturated carbocycles.